The van der Waals surface area contributed by atoms with Crippen LogP contribution in [0.5, 0.6) is 0 Å². The van der Waals surface area contributed by atoms with Crippen molar-refractivity contribution in [2.24, 2.45) is 0 Å². The van der Waals surface area contributed by atoms with Gasteiger partial charge < -0.3 is 9.64 Å². The van der Waals surface area contributed by atoms with Gasteiger partial charge in [0.1, 0.15) is 0 Å². The van der Waals surface area contributed by atoms with E-state index >= 15 is 0 Å². The summed E-state index contributed by atoms with van der Waals surface area (Å²) in [4.78, 5) is 16.6. The van der Waals surface area contributed by atoms with E-state index in [1.165, 1.54) is 29.4 Å². The topological polar surface area (TPSA) is 76.6 Å². The highest BCUT2D eigenvalue weighted by atomic mass is 32.2. The lowest BCUT2D eigenvalue weighted by Gasteiger charge is -2.11. The maximum atomic E-state index is 12.3. The smallest absolute Gasteiger partial charge is 0.351 e. The molecule has 0 aromatic carbocycles. The molecule has 0 atom stereocenters. The number of ether oxygens (including phenoxy) is 1. The second kappa shape index (κ2) is 6.33. The minimum Gasteiger partial charge on any atom is -0.462 e. The summed E-state index contributed by atoms with van der Waals surface area (Å²) in [5, 5.41) is -0.184. The summed E-state index contributed by atoms with van der Waals surface area (Å²) in [6, 6.07) is 4.47. The number of hydrogen-bond acceptors (Lipinski definition) is 6. The first-order valence-corrected chi connectivity index (χ1v) is 7.09. The van der Waals surface area contributed by atoms with Crippen molar-refractivity contribution in [2.75, 3.05) is 20.7 Å². The van der Waals surface area contributed by atoms with E-state index in [0.717, 1.165) is 0 Å². The van der Waals surface area contributed by atoms with E-state index in [-0.39, 0.29) is 11.6 Å². The van der Waals surface area contributed by atoms with Gasteiger partial charge in [0.2, 0.25) is 9.84 Å². The summed E-state index contributed by atoms with van der Waals surface area (Å²) in [5.74, 6) is -0.887. The number of aromatic nitrogens is 1. The monoisotopic (exact) mass is 284 g/mol. The van der Waals surface area contributed by atoms with Crippen molar-refractivity contribution in [3.05, 3.63) is 35.5 Å². The molecule has 0 unspecified atom stereocenters. The molecule has 19 heavy (non-hydrogen) atoms. The molecule has 0 fully saturated rings. The Balaban J connectivity index is 3.30. The molecule has 0 saturated carbocycles. The highest BCUT2D eigenvalue weighted by Crippen LogP contribution is 2.18. The number of pyridine rings is 1. The van der Waals surface area contributed by atoms with Gasteiger partial charge in [0, 0.05) is 26.5 Å². The van der Waals surface area contributed by atoms with E-state index in [0.29, 0.717) is 0 Å². The average Bonchev–Trinajstić information content (AvgIpc) is 2.37. The highest BCUT2D eigenvalue weighted by Gasteiger charge is 2.29. The maximum absolute atomic E-state index is 12.3. The van der Waals surface area contributed by atoms with Gasteiger partial charge in [-0.2, -0.15) is 0 Å². The molecule has 0 amide bonds. The second-order valence-electron chi connectivity index (χ2n) is 3.85. The lowest BCUT2D eigenvalue weighted by Crippen LogP contribution is -2.20. The Morgan fingerprint density at radius 1 is 1.42 bits per heavy atom. The summed E-state index contributed by atoms with van der Waals surface area (Å²) in [6.07, 6.45) is 2.56. The van der Waals surface area contributed by atoms with Gasteiger partial charge in [0.05, 0.1) is 6.61 Å². The van der Waals surface area contributed by atoms with Crippen molar-refractivity contribution in [3.8, 4) is 0 Å². The Morgan fingerprint density at radius 2 is 2.11 bits per heavy atom. The summed E-state index contributed by atoms with van der Waals surface area (Å²) >= 11 is 0. The van der Waals surface area contributed by atoms with Gasteiger partial charge >= 0.3 is 5.97 Å². The van der Waals surface area contributed by atoms with Crippen LogP contribution in [0.3, 0.4) is 0 Å². The molecule has 0 spiro atoms. The van der Waals surface area contributed by atoms with E-state index in [1.807, 2.05) is 0 Å². The summed E-state index contributed by atoms with van der Waals surface area (Å²) in [7, 11) is -0.747. The third kappa shape index (κ3) is 3.78. The molecule has 0 bridgehead atoms. The van der Waals surface area contributed by atoms with Crippen molar-refractivity contribution in [1.82, 2.24) is 9.88 Å². The van der Waals surface area contributed by atoms with Crippen LogP contribution in [-0.2, 0) is 19.4 Å². The van der Waals surface area contributed by atoms with E-state index in [4.69, 9.17) is 4.74 Å². The molecule has 0 aliphatic rings. The van der Waals surface area contributed by atoms with Crippen molar-refractivity contribution in [3.63, 3.8) is 0 Å². The van der Waals surface area contributed by atoms with Gasteiger partial charge in [-0.15, -0.1) is 0 Å². The molecule has 0 saturated heterocycles. The SMILES string of the molecule is CCOC(=O)C(=CN(C)C)S(=O)(=O)c1ccccn1. The molecule has 1 aromatic rings. The van der Waals surface area contributed by atoms with Crippen molar-refractivity contribution >= 4 is 15.8 Å². The third-order valence-electron chi connectivity index (χ3n) is 2.05. The minimum atomic E-state index is -3.98. The number of carbonyl (C=O) groups excluding carboxylic acids is 1. The van der Waals surface area contributed by atoms with Gasteiger partial charge in [-0.05, 0) is 19.1 Å². The second-order valence-corrected chi connectivity index (χ2v) is 5.71. The molecular weight excluding hydrogens is 268 g/mol. The van der Waals surface area contributed by atoms with Crippen LogP contribution in [0.2, 0.25) is 0 Å². The predicted molar refractivity (Wildman–Crippen MR) is 69.8 cm³/mol. The van der Waals surface area contributed by atoms with Gasteiger partial charge in [-0.1, -0.05) is 6.07 Å². The molecular formula is C12H16N2O4S. The van der Waals surface area contributed by atoms with E-state index in [2.05, 4.69) is 4.98 Å². The summed E-state index contributed by atoms with van der Waals surface area (Å²) < 4.78 is 29.4. The minimum absolute atomic E-state index is 0.0986. The molecule has 0 radical (unpaired) electrons. The Hall–Kier alpha value is -1.89. The first-order chi connectivity index (χ1) is 8.89. The molecule has 0 aliphatic carbocycles. The maximum Gasteiger partial charge on any atom is 0.351 e. The Kier molecular flexibility index (Phi) is 5.05. The highest BCUT2D eigenvalue weighted by molar-refractivity contribution is 7.96. The normalized spacial score (nSPS) is 12.1. The number of sulfone groups is 1. The lowest BCUT2D eigenvalue weighted by molar-refractivity contribution is -0.137. The third-order valence-corrected chi connectivity index (χ3v) is 3.70. The fraction of sp³-hybridized carbons (Fsp3) is 0.333. The summed E-state index contributed by atoms with van der Waals surface area (Å²) in [5.41, 5.74) is 0. The van der Waals surface area contributed by atoms with Crippen LogP contribution in [-0.4, -0.2) is 45.0 Å². The lowest BCUT2D eigenvalue weighted by atomic mass is 10.5. The van der Waals surface area contributed by atoms with Gasteiger partial charge in [0.15, 0.2) is 9.93 Å². The largest absolute Gasteiger partial charge is 0.462 e. The number of nitrogens with zero attached hydrogens (tertiary/aromatic N) is 2. The number of esters is 1. The zero-order valence-corrected chi connectivity index (χ0v) is 11.8. The first-order valence-electron chi connectivity index (χ1n) is 5.61. The van der Waals surface area contributed by atoms with Crippen LogP contribution in [0.15, 0.2) is 40.5 Å². The molecule has 6 nitrogen and oxygen atoms in total. The zero-order valence-electron chi connectivity index (χ0n) is 11.0. The Bertz CT molecular complexity index is 565. The van der Waals surface area contributed by atoms with Crippen LogP contribution >= 0.6 is 0 Å². The standard InChI is InChI=1S/C12H16N2O4S/c1-4-18-12(15)10(9-14(2)3)19(16,17)11-7-5-6-8-13-11/h5-9H,4H2,1-3H3. The van der Waals surface area contributed by atoms with Crippen LogP contribution in [0.4, 0.5) is 0 Å². The quantitative estimate of drug-likeness (QED) is 0.588. The fourth-order valence-corrected chi connectivity index (χ4v) is 2.60. The number of rotatable bonds is 5. The molecule has 7 heteroatoms. The van der Waals surface area contributed by atoms with Crippen LogP contribution in [0.25, 0.3) is 0 Å². The first kappa shape index (κ1) is 15.2. The zero-order chi connectivity index (χ0) is 14.5. The molecule has 1 aromatic heterocycles. The Labute approximate surface area is 112 Å². The van der Waals surface area contributed by atoms with Crippen LogP contribution < -0.4 is 0 Å². The number of hydrogen-bond donors (Lipinski definition) is 0. The fourth-order valence-electron chi connectivity index (χ4n) is 1.29. The van der Waals surface area contributed by atoms with E-state index in [9.17, 15) is 13.2 Å². The van der Waals surface area contributed by atoms with Crippen LogP contribution in [0, 0.1) is 0 Å². The van der Waals surface area contributed by atoms with Gasteiger partial charge in [-0.3, -0.25) is 0 Å². The predicted octanol–water partition coefficient (Wildman–Crippen LogP) is 0.821. The van der Waals surface area contributed by atoms with E-state index in [1.54, 1.807) is 27.1 Å². The number of carbonyl (C=O) groups is 1. The molecule has 0 aliphatic heterocycles. The summed E-state index contributed by atoms with van der Waals surface area (Å²) in [6.45, 7) is 1.71. The van der Waals surface area contributed by atoms with Gasteiger partial charge in [-0.25, -0.2) is 18.2 Å². The Morgan fingerprint density at radius 3 is 2.58 bits per heavy atom. The van der Waals surface area contributed by atoms with Gasteiger partial charge in [0.25, 0.3) is 0 Å². The average molecular weight is 284 g/mol. The van der Waals surface area contributed by atoms with Crippen molar-refractivity contribution in [1.29, 1.82) is 0 Å². The van der Waals surface area contributed by atoms with Crippen LogP contribution in [0.1, 0.15) is 6.92 Å². The molecule has 1 heterocycles. The van der Waals surface area contributed by atoms with Crippen molar-refractivity contribution < 1.29 is 17.9 Å². The molecule has 104 valence electrons. The molecule has 1 rings (SSSR count). The van der Waals surface area contributed by atoms with E-state index < -0.39 is 20.7 Å². The molecule has 0 N–H and O–H groups in total. The van der Waals surface area contributed by atoms with Crippen molar-refractivity contribution in [2.45, 2.75) is 11.9 Å².